The highest BCUT2D eigenvalue weighted by molar-refractivity contribution is 7.87. The number of hydrogen-bond donors (Lipinski definition) is 1. The third kappa shape index (κ3) is 5.52. The van der Waals surface area contributed by atoms with Crippen molar-refractivity contribution in [3.63, 3.8) is 0 Å². The Labute approximate surface area is 158 Å². The lowest BCUT2D eigenvalue weighted by Gasteiger charge is -2.33. The first-order valence-electron chi connectivity index (χ1n) is 10.00. The summed E-state index contributed by atoms with van der Waals surface area (Å²) in [4.78, 5) is 2.37. The van der Waals surface area contributed by atoms with Gasteiger partial charge in [0.2, 0.25) is 0 Å². The lowest BCUT2D eigenvalue weighted by atomic mass is 10.0. The van der Waals surface area contributed by atoms with Gasteiger partial charge in [0.15, 0.2) is 0 Å². The summed E-state index contributed by atoms with van der Waals surface area (Å²) in [6.07, 6.45) is 5.04. The van der Waals surface area contributed by atoms with E-state index in [1.54, 1.807) is 4.31 Å². The van der Waals surface area contributed by atoms with Crippen LogP contribution in [0.15, 0.2) is 24.3 Å². The smallest absolute Gasteiger partial charge is 0.279 e. The van der Waals surface area contributed by atoms with Crippen LogP contribution in [0.5, 0.6) is 0 Å². The van der Waals surface area contributed by atoms with E-state index < -0.39 is 10.2 Å². The van der Waals surface area contributed by atoms with Gasteiger partial charge in [-0.2, -0.15) is 17.4 Å². The molecule has 0 radical (unpaired) electrons. The normalized spacial score (nSPS) is 23.0. The van der Waals surface area contributed by atoms with Crippen molar-refractivity contribution in [2.24, 2.45) is 5.92 Å². The van der Waals surface area contributed by atoms with Crippen LogP contribution in [0.25, 0.3) is 0 Å². The Balaban J connectivity index is 1.53. The van der Waals surface area contributed by atoms with Crippen molar-refractivity contribution >= 4 is 10.2 Å². The fraction of sp³-hybridized carbons (Fsp3) is 0.700. The summed E-state index contributed by atoms with van der Waals surface area (Å²) in [5, 5.41) is 0. The number of nitrogens with zero attached hydrogens (tertiary/aromatic N) is 2. The molecule has 6 heteroatoms. The monoisotopic (exact) mass is 379 g/mol. The van der Waals surface area contributed by atoms with Crippen LogP contribution in [-0.4, -0.2) is 49.8 Å². The van der Waals surface area contributed by atoms with Crippen LogP contribution in [-0.2, 0) is 23.2 Å². The highest BCUT2D eigenvalue weighted by atomic mass is 32.2. The molecule has 0 saturated carbocycles. The maximum absolute atomic E-state index is 12.5. The first-order valence-corrected chi connectivity index (χ1v) is 11.4. The molecule has 0 aromatic heterocycles. The van der Waals surface area contributed by atoms with Crippen molar-refractivity contribution in [3.05, 3.63) is 35.4 Å². The predicted octanol–water partition coefficient (Wildman–Crippen LogP) is 2.78. The molecule has 0 unspecified atom stereocenters. The number of piperidine rings is 1. The lowest BCUT2D eigenvalue weighted by Crippen LogP contribution is -2.51. The van der Waals surface area contributed by atoms with E-state index in [1.165, 1.54) is 11.1 Å². The van der Waals surface area contributed by atoms with E-state index in [0.717, 1.165) is 51.7 Å². The van der Waals surface area contributed by atoms with Crippen molar-refractivity contribution in [1.82, 2.24) is 13.9 Å². The topological polar surface area (TPSA) is 52.7 Å². The second kappa shape index (κ2) is 8.83. The van der Waals surface area contributed by atoms with Crippen molar-refractivity contribution in [3.8, 4) is 0 Å². The summed E-state index contributed by atoms with van der Waals surface area (Å²) in [6, 6.07) is 8.92. The van der Waals surface area contributed by atoms with E-state index in [2.05, 4.69) is 47.7 Å². The van der Waals surface area contributed by atoms with Gasteiger partial charge in [0.05, 0.1) is 0 Å². The Morgan fingerprint density at radius 2 is 1.69 bits per heavy atom. The Kier molecular flexibility index (Phi) is 6.72. The van der Waals surface area contributed by atoms with Gasteiger partial charge in [0.1, 0.15) is 0 Å². The second-order valence-electron chi connectivity index (χ2n) is 8.22. The SMILES string of the molecule is CC(C)Cc1ccc(CN2CCC[C@H](NS(=O)(=O)N3CCCC3)C2)cc1. The van der Waals surface area contributed by atoms with Crippen molar-refractivity contribution in [2.75, 3.05) is 26.2 Å². The third-order valence-electron chi connectivity index (χ3n) is 5.30. The summed E-state index contributed by atoms with van der Waals surface area (Å²) in [5.74, 6) is 0.673. The number of nitrogens with one attached hydrogen (secondary N) is 1. The minimum absolute atomic E-state index is 0.0227. The fourth-order valence-corrected chi connectivity index (χ4v) is 5.52. The number of hydrogen-bond acceptors (Lipinski definition) is 3. The largest absolute Gasteiger partial charge is 0.298 e. The maximum Gasteiger partial charge on any atom is 0.279 e. The molecule has 2 fully saturated rings. The Morgan fingerprint density at radius 1 is 1.04 bits per heavy atom. The van der Waals surface area contributed by atoms with Crippen LogP contribution >= 0.6 is 0 Å². The Bertz CT molecular complexity index is 667. The lowest BCUT2D eigenvalue weighted by molar-refractivity contribution is 0.193. The zero-order valence-corrected chi connectivity index (χ0v) is 17.0. The predicted molar refractivity (Wildman–Crippen MR) is 106 cm³/mol. The molecule has 2 saturated heterocycles. The van der Waals surface area contributed by atoms with E-state index in [1.807, 2.05) is 0 Å². The molecule has 5 nitrogen and oxygen atoms in total. The molecule has 0 bridgehead atoms. The maximum atomic E-state index is 12.5. The van der Waals surface area contributed by atoms with E-state index in [-0.39, 0.29) is 6.04 Å². The van der Waals surface area contributed by atoms with E-state index >= 15 is 0 Å². The highest BCUT2D eigenvalue weighted by Crippen LogP contribution is 2.18. The van der Waals surface area contributed by atoms with E-state index in [4.69, 9.17) is 0 Å². The van der Waals surface area contributed by atoms with Crippen molar-refractivity contribution < 1.29 is 8.42 Å². The summed E-state index contributed by atoms with van der Waals surface area (Å²) in [5.41, 5.74) is 2.69. The van der Waals surface area contributed by atoms with E-state index in [9.17, 15) is 8.42 Å². The zero-order chi connectivity index (χ0) is 18.6. The Morgan fingerprint density at radius 3 is 2.35 bits per heavy atom. The first-order chi connectivity index (χ1) is 12.4. The van der Waals surface area contributed by atoms with Gasteiger partial charge in [-0.05, 0) is 55.7 Å². The number of benzene rings is 1. The zero-order valence-electron chi connectivity index (χ0n) is 16.2. The van der Waals surface area contributed by atoms with Gasteiger partial charge in [-0.3, -0.25) is 4.90 Å². The molecule has 2 heterocycles. The number of likely N-dealkylation sites (tertiary alicyclic amines) is 1. The van der Waals surface area contributed by atoms with Gasteiger partial charge in [0.25, 0.3) is 10.2 Å². The van der Waals surface area contributed by atoms with Gasteiger partial charge in [-0.15, -0.1) is 0 Å². The highest BCUT2D eigenvalue weighted by Gasteiger charge is 2.29. The minimum Gasteiger partial charge on any atom is -0.298 e. The van der Waals surface area contributed by atoms with Crippen LogP contribution in [0.2, 0.25) is 0 Å². The molecular weight excluding hydrogens is 346 g/mol. The molecule has 0 spiro atoms. The average molecular weight is 380 g/mol. The molecule has 146 valence electrons. The molecule has 26 heavy (non-hydrogen) atoms. The molecule has 0 amide bonds. The van der Waals surface area contributed by atoms with Crippen molar-refractivity contribution in [2.45, 2.75) is 58.5 Å². The Hall–Kier alpha value is -0.950. The quantitative estimate of drug-likeness (QED) is 0.793. The van der Waals surface area contributed by atoms with Crippen LogP contribution in [0.1, 0.15) is 50.7 Å². The van der Waals surface area contributed by atoms with Gasteiger partial charge in [0, 0.05) is 32.2 Å². The van der Waals surface area contributed by atoms with Crippen LogP contribution in [0.4, 0.5) is 0 Å². The third-order valence-corrected chi connectivity index (χ3v) is 6.98. The van der Waals surface area contributed by atoms with Crippen LogP contribution < -0.4 is 4.72 Å². The molecular formula is C20H33N3O2S. The standard InChI is InChI=1S/C20H33N3O2S/c1-17(2)14-18-7-9-19(10-8-18)15-22-11-5-6-20(16-22)21-26(24,25)23-12-3-4-13-23/h7-10,17,20-21H,3-6,11-16H2,1-2H3/t20-/m0/s1. The van der Waals surface area contributed by atoms with Gasteiger partial charge < -0.3 is 0 Å². The van der Waals surface area contributed by atoms with Crippen molar-refractivity contribution in [1.29, 1.82) is 0 Å². The summed E-state index contributed by atoms with van der Waals surface area (Å²) >= 11 is 0. The van der Waals surface area contributed by atoms with Gasteiger partial charge in [-0.25, -0.2) is 0 Å². The van der Waals surface area contributed by atoms with Crippen LogP contribution in [0.3, 0.4) is 0 Å². The summed E-state index contributed by atoms with van der Waals surface area (Å²) in [6.45, 7) is 8.53. The van der Waals surface area contributed by atoms with E-state index in [0.29, 0.717) is 19.0 Å². The van der Waals surface area contributed by atoms with Gasteiger partial charge >= 0.3 is 0 Å². The number of rotatable bonds is 7. The molecule has 1 aromatic rings. The molecule has 1 N–H and O–H groups in total. The molecule has 1 aromatic carbocycles. The molecule has 2 aliphatic rings. The molecule has 0 aliphatic carbocycles. The summed E-state index contributed by atoms with van der Waals surface area (Å²) in [7, 11) is -3.32. The summed E-state index contributed by atoms with van der Waals surface area (Å²) < 4.78 is 29.5. The average Bonchev–Trinajstić information content (AvgIpc) is 3.12. The minimum atomic E-state index is -3.32. The van der Waals surface area contributed by atoms with Crippen LogP contribution in [0, 0.1) is 5.92 Å². The van der Waals surface area contributed by atoms with Gasteiger partial charge in [-0.1, -0.05) is 38.1 Å². The molecule has 2 aliphatic heterocycles. The first kappa shape index (κ1) is 19.8. The molecule has 1 atom stereocenters. The fourth-order valence-electron chi connectivity index (χ4n) is 4.02. The second-order valence-corrected chi connectivity index (χ2v) is 9.92. The molecule has 3 rings (SSSR count).